The molecule has 0 unspecified atom stereocenters. The molecule has 0 radical (unpaired) electrons. The SMILES string of the molecule is CCOC(=O)c1ccc(N=Nc2c(C)c3c(C)[nH]nc3oc2=O)cc1. The first-order chi connectivity index (χ1) is 12.0. The van der Waals surface area contributed by atoms with Gasteiger partial charge >= 0.3 is 11.6 Å². The number of nitrogens with one attached hydrogen (secondary N) is 1. The second-order valence-electron chi connectivity index (χ2n) is 5.36. The first kappa shape index (κ1) is 16.6. The molecule has 0 fully saturated rings. The Morgan fingerprint density at radius 2 is 1.96 bits per heavy atom. The van der Waals surface area contributed by atoms with Crippen molar-refractivity contribution in [1.82, 2.24) is 10.2 Å². The molecular formula is C17H16N4O4. The van der Waals surface area contributed by atoms with Gasteiger partial charge in [0.15, 0.2) is 5.69 Å². The molecule has 2 aromatic heterocycles. The Bertz CT molecular complexity index is 1020. The number of hydrogen-bond acceptors (Lipinski definition) is 7. The van der Waals surface area contributed by atoms with E-state index < -0.39 is 11.6 Å². The van der Waals surface area contributed by atoms with Gasteiger partial charge in [-0.25, -0.2) is 9.59 Å². The Kier molecular flexibility index (Phi) is 4.42. The summed E-state index contributed by atoms with van der Waals surface area (Å²) < 4.78 is 10.1. The third-order valence-electron chi connectivity index (χ3n) is 3.67. The number of esters is 1. The number of aromatic amines is 1. The predicted molar refractivity (Wildman–Crippen MR) is 90.7 cm³/mol. The molecule has 128 valence electrons. The van der Waals surface area contributed by atoms with Gasteiger partial charge in [0.05, 0.1) is 23.2 Å². The maximum atomic E-state index is 12.1. The van der Waals surface area contributed by atoms with E-state index in [0.29, 0.717) is 28.8 Å². The largest absolute Gasteiger partial charge is 0.462 e. The van der Waals surface area contributed by atoms with Gasteiger partial charge < -0.3 is 9.15 Å². The van der Waals surface area contributed by atoms with Gasteiger partial charge in [-0.3, -0.25) is 5.10 Å². The van der Waals surface area contributed by atoms with E-state index in [1.165, 1.54) is 0 Å². The first-order valence-corrected chi connectivity index (χ1v) is 7.68. The van der Waals surface area contributed by atoms with Crippen molar-refractivity contribution in [3.8, 4) is 0 Å². The van der Waals surface area contributed by atoms with Crippen LogP contribution in [0.5, 0.6) is 0 Å². The van der Waals surface area contributed by atoms with Crippen molar-refractivity contribution in [3.63, 3.8) is 0 Å². The highest BCUT2D eigenvalue weighted by Gasteiger charge is 2.15. The average molecular weight is 340 g/mol. The molecule has 0 aliphatic carbocycles. The highest BCUT2D eigenvalue weighted by atomic mass is 16.5. The number of carbonyl (C=O) groups excluding carboxylic acids is 1. The van der Waals surface area contributed by atoms with E-state index in [0.717, 1.165) is 5.69 Å². The summed E-state index contributed by atoms with van der Waals surface area (Å²) in [5, 5.41) is 15.5. The van der Waals surface area contributed by atoms with Crippen molar-refractivity contribution < 1.29 is 13.9 Å². The van der Waals surface area contributed by atoms with Crippen LogP contribution in [0.3, 0.4) is 0 Å². The first-order valence-electron chi connectivity index (χ1n) is 7.68. The zero-order valence-corrected chi connectivity index (χ0v) is 14.0. The van der Waals surface area contributed by atoms with Crippen molar-refractivity contribution in [2.75, 3.05) is 6.61 Å². The molecule has 1 N–H and O–H groups in total. The Morgan fingerprint density at radius 3 is 2.64 bits per heavy atom. The van der Waals surface area contributed by atoms with E-state index in [4.69, 9.17) is 9.15 Å². The summed E-state index contributed by atoms with van der Waals surface area (Å²) in [5.41, 5.74) is 2.10. The minimum Gasteiger partial charge on any atom is -0.462 e. The molecule has 8 heteroatoms. The number of benzene rings is 1. The molecule has 0 bridgehead atoms. The van der Waals surface area contributed by atoms with Gasteiger partial charge in [-0.15, -0.1) is 10.2 Å². The third kappa shape index (κ3) is 3.18. The summed E-state index contributed by atoms with van der Waals surface area (Å²) in [7, 11) is 0. The third-order valence-corrected chi connectivity index (χ3v) is 3.67. The van der Waals surface area contributed by atoms with Crippen LogP contribution in [0.1, 0.15) is 28.5 Å². The normalized spacial score (nSPS) is 11.3. The number of aryl methyl sites for hydroxylation is 2. The number of fused-ring (bicyclic) bond motifs is 1. The molecule has 0 aliphatic heterocycles. The molecule has 3 rings (SSSR count). The Labute approximate surface area is 142 Å². The number of hydrogen-bond donors (Lipinski definition) is 1. The molecule has 0 saturated carbocycles. The van der Waals surface area contributed by atoms with Crippen molar-refractivity contribution in [2.24, 2.45) is 10.2 Å². The molecule has 8 nitrogen and oxygen atoms in total. The number of H-pyrrole nitrogens is 1. The van der Waals surface area contributed by atoms with E-state index in [2.05, 4.69) is 20.4 Å². The smallest absolute Gasteiger partial charge is 0.365 e. The van der Waals surface area contributed by atoms with Crippen molar-refractivity contribution in [2.45, 2.75) is 20.8 Å². The summed E-state index contributed by atoms with van der Waals surface area (Å²) in [6.07, 6.45) is 0. The van der Waals surface area contributed by atoms with Crippen LogP contribution in [0.25, 0.3) is 11.1 Å². The maximum absolute atomic E-state index is 12.1. The standard InChI is InChI=1S/C17H16N4O4/c1-4-24-16(22)11-5-7-12(8-6-11)19-20-14-9(2)13-10(3)18-21-15(13)25-17(14)23/h5-8H,4H2,1-3H3,(H,18,21). The van der Waals surface area contributed by atoms with Crippen LogP contribution in [-0.4, -0.2) is 22.8 Å². The van der Waals surface area contributed by atoms with Gasteiger partial charge in [0.1, 0.15) is 0 Å². The van der Waals surface area contributed by atoms with Gasteiger partial charge in [0, 0.05) is 5.69 Å². The summed E-state index contributed by atoms with van der Waals surface area (Å²) in [4.78, 5) is 23.7. The topological polar surface area (TPSA) is 110 Å². The van der Waals surface area contributed by atoms with E-state index in [1.54, 1.807) is 38.1 Å². The van der Waals surface area contributed by atoms with Crippen LogP contribution in [0, 0.1) is 13.8 Å². The number of azo groups is 1. The highest BCUT2D eigenvalue weighted by molar-refractivity contribution is 5.89. The molecular weight excluding hydrogens is 324 g/mol. The van der Waals surface area contributed by atoms with Crippen LogP contribution in [0.4, 0.5) is 11.4 Å². The molecule has 0 spiro atoms. The average Bonchev–Trinajstić information content (AvgIpc) is 2.96. The second kappa shape index (κ2) is 6.68. The van der Waals surface area contributed by atoms with Crippen molar-refractivity contribution >= 4 is 28.4 Å². The van der Waals surface area contributed by atoms with Crippen LogP contribution in [0.2, 0.25) is 0 Å². The lowest BCUT2D eigenvalue weighted by atomic mass is 10.1. The lowest BCUT2D eigenvalue weighted by Gasteiger charge is -2.01. The van der Waals surface area contributed by atoms with E-state index in [9.17, 15) is 9.59 Å². The van der Waals surface area contributed by atoms with Crippen LogP contribution in [0.15, 0.2) is 43.7 Å². The fourth-order valence-corrected chi connectivity index (χ4v) is 2.43. The molecule has 0 saturated heterocycles. The molecule has 0 atom stereocenters. The fourth-order valence-electron chi connectivity index (χ4n) is 2.43. The van der Waals surface area contributed by atoms with Crippen LogP contribution >= 0.6 is 0 Å². The quantitative estimate of drug-likeness (QED) is 0.575. The fraction of sp³-hybridized carbons (Fsp3) is 0.235. The van der Waals surface area contributed by atoms with Gasteiger partial charge in [0.25, 0.3) is 0 Å². The van der Waals surface area contributed by atoms with Gasteiger partial charge in [0.2, 0.25) is 5.71 Å². The summed E-state index contributed by atoms with van der Waals surface area (Å²) in [6, 6.07) is 6.42. The zero-order valence-electron chi connectivity index (χ0n) is 14.0. The van der Waals surface area contributed by atoms with Gasteiger partial charge in [-0.2, -0.15) is 5.11 Å². The molecule has 0 amide bonds. The number of rotatable bonds is 4. The lowest BCUT2D eigenvalue weighted by Crippen LogP contribution is -2.03. The molecule has 0 aliphatic rings. The van der Waals surface area contributed by atoms with E-state index in [1.807, 2.05) is 6.92 Å². The highest BCUT2D eigenvalue weighted by Crippen LogP contribution is 2.26. The van der Waals surface area contributed by atoms with E-state index in [-0.39, 0.29) is 11.4 Å². The number of ether oxygens (including phenoxy) is 1. The van der Waals surface area contributed by atoms with E-state index >= 15 is 0 Å². The Morgan fingerprint density at radius 1 is 1.24 bits per heavy atom. The molecule has 25 heavy (non-hydrogen) atoms. The van der Waals surface area contributed by atoms with Crippen molar-refractivity contribution in [1.29, 1.82) is 0 Å². The predicted octanol–water partition coefficient (Wildman–Crippen LogP) is 3.73. The van der Waals surface area contributed by atoms with Gasteiger partial charge in [-0.1, -0.05) is 0 Å². The van der Waals surface area contributed by atoms with Crippen molar-refractivity contribution in [3.05, 3.63) is 51.5 Å². The Balaban J connectivity index is 1.92. The summed E-state index contributed by atoms with van der Waals surface area (Å²) in [5.74, 6) is -0.400. The van der Waals surface area contributed by atoms with Gasteiger partial charge in [-0.05, 0) is 50.6 Å². The maximum Gasteiger partial charge on any atom is 0.365 e. The minimum absolute atomic E-state index is 0.117. The number of aromatic nitrogens is 2. The molecule has 2 heterocycles. The number of carbonyl (C=O) groups is 1. The van der Waals surface area contributed by atoms with Crippen LogP contribution < -0.4 is 5.63 Å². The Hall–Kier alpha value is -3.29. The molecule has 1 aromatic carbocycles. The lowest BCUT2D eigenvalue weighted by molar-refractivity contribution is 0.0526. The van der Waals surface area contributed by atoms with Crippen LogP contribution in [-0.2, 0) is 4.74 Å². The number of nitrogens with zero attached hydrogens (tertiary/aromatic N) is 3. The molecule has 3 aromatic rings. The zero-order chi connectivity index (χ0) is 18.0. The minimum atomic E-state index is -0.608. The monoisotopic (exact) mass is 340 g/mol. The summed E-state index contributed by atoms with van der Waals surface area (Å²) >= 11 is 0. The second-order valence-corrected chi connectivity index (χ2v) is 5.36. The summed E-state index contributed by atoms with van der Waals surface area (Å²) in [6.45, 7) is 5.65.